The van der Waals surface area contributed by atoms with Crippen LogP contribution in [-0.4, -0.2) is 46.7 Å². The second-order valence-corrected chi connectivity index (χ2v) is 10.6. The van der Waals surface area contributed by atoms with Gasteiger partial charge < -0.3 is 19.8 Å². The molecule has 0 spiro atoms. The molecule has 3 aromatic carbocycles. The number of ether oxygens (including phenoxy) is 1. The van der Waals surface area contributed by atoms with Gasteiger partial charge in [0.2, 0.25) is 5.91 Å². The average Bonchev–Trinajstić information content (AvgIpc) is 3.40. The summed E-state index contributed by atoms with van der Waals surface area (Å²) >= 11 is 0. The molecule has 1 aliphatic heterocycles. The number of benzene rings is 3. The lowest BCUT2D eigenvalue weighted by Gasteiger charge is -2.16. The van der Waals surface area contributed by atoms with Crippen LogP contribution in [0.2, 0.25) is 0 Å². The fourth-order valence-corrected chi connectivity index (χ4v) is 5.09. The number of para-hydroxylation sites is 1. The summed E-state index contributed by atoms with van der Waals surface area (Å²) in [4.78, 5) is 25.0. The van der Waals surface area contributed by atoms with E-state index in [1.165, 1.54) is 5.56 Å². The molecule has 4 rings (SSSR count). The first-order chi connectivity index (χ1) is 19.9. The Kier molecular flexibility index (Phi) is 10.8. The number of aliphatic hydroxyl groups is 1. The Morgan fingerprint density at radius 2 is 1.56 bits per heavy atom. The van der Waals surface area contributed by atoms with Gasteiger partial charge in [-0.1, -0.05) is 73.3 Å². The van der Waals surface area contributed by atoms with Gasteiger partial charge >= 0.3 is 5.97 Å². The topological polar surface area (TPSA) is 87.1 Å². The van der Waals surface area contributed by atoms with Crippen LogP contribution in [0.25, 0.3) is 11.8 Å². The maximum Gasteiger partial charge on any atom is 0.335 e. The van der Waals surface area contributed by atoms with Crippen LogP contribution in [0.1, 0.15) is 64.7 Å². The number of nitrogens with zero attached hydrogens (tertiary/aromatic N) is 1. The number of carbonyl (C=O) groups is 2. The van der Waals surface area contributed by atoms with E-state index in [4.69, 9.17) is 4.74 Å². The normalized spacial score (nSPS) is 14.0. The minimum Gasteiger partial charge on any atom is -0.508 e. The van der Waals surface area contributed by atoms with Crippen molar-refractivity contribution in [2.45, 2.75) is 44.9 Å². The third kappa shape index (κ3) is 9.10. The van der Waals surface area contributed by atoms with Crippen molar-refractivity contribution in [3.63, 3.8) is 0 Å². The number of rotatable bonds is 15. The molecule has 6 nitrogen and oxygen atoms in total. The number of aromatic carboxylic acids is 1. The van der Waals surface area contributed by atoms with Crippen molar-refractivity contribution in [1.29, 1.82) is 0 Å². The molecule has 2 N–H and O–H groups in total. The molecule has 3 aromatic rings. The molecule has 0 bridgehead atoms. The van der Waals surface area contributed by atoms with E-state index in [1.807, 2.05) is 59.5 Å². The summed E-state index contributed by atoms with van der Waals surface area (Å²) in [5.74, 6) is 0.512. The Labute approximate surface area is 242 Å². The summed E-state index contributed by atoms with van der Waals surface area (Å²) in [6, 6.07) is 23.0. The monoisotopic (exact) mass is 553 g/mol. The molecule has 1 fully saturated rings. The van der Waals surface area contributed by atoms with Crippen LogP contribution in [0, 0.1) is 5.92 Å². The fraction of sp³-hybridized carbons (Fsp3) is 0.314. The van der Waals surface area contributed by atoms with Gasteiger partial charge in [-0.2, -0.15) is 0 Å². The van der Waals surface area contributed by atoms with Crippen LogP contribution < -0.4 is 4.74 Å². The number of allylic oxidation sites excluding steroid dienone is 1. The van der Waals surface area contributed by atoms with Gasteiger partial charge in [0.25, 0.3) is 0 Å². The zero-order valence-electron chi connectivity index (χ0n) is 23.5. The molecular weight excluding hydrogens is 514 g/mol. The number of likely N-dealkylation sites (tertiary alicyclic amines) is 1. The van der Waals surface area contributed by atoms with Crippen LogP contribution in [0.4, 0.5) is 0 Å². The molecular formula is C35H39NO5. The molecule has 6 heteroatoms. The smallest absolute Gasteiger partial charge is 0.335 e. The lowest BCUT2D eigenvalue weighted by Crippen LogP contribution is -2.26. The molecule has 0 aromatic heterocycles. The zero-order valence-corrected chi connectivity index (χ0v) is 23.5. The van der Waals surface area contributed by atoms with Crippen molar-refractivity contribution in [3.05, 3.63) is 113 Å². The second kappa shape index (κ2) is 14.9. The molecule has 0 aliphatic carbocycles. The van der Waals surface area contributed by atoms with E-state index in [-0.39, 0.29) is 17.6 Å². The van der Waals surface area contributed by atoms with E-state index in [2.05, 4.69) is 24.8 Å². The molecule has 1 amide bonds. The maximum atomic E-state index is 11.9. The highest BCUT2D eigenvalue weighted by molar-refractivity contribution is 5.87. The van der Waals surface area contributed by atoms with Crippen molar-refractivity contribution in [2.24, 2.45) is 5.92 Å². The highest BCUT2D eigenvalue weighted by Gasteiger charge is 2.19. The van der Waals surface area contributed by atoms with Crippen molar-refractivity contribution < 1.29 is 24.5 Å². The van der Waals surface area contributed by atoms with Gasteiger partial charge in [-0.3, -0.25) is 4.79 Å². The lowest BCUT2D eigenvalue weighted by atomic mass is 9.91. The largest absolute Gasteiger partial charge is 0.508 e. The highest BCUT2D eigenvalue weighted by Crippen LogP contribution is 2.24. The van der Waals surface area contributed by atoms with Crippen molar-refractivity contribution in [3.8, 4) is 5.75 Å². The van der Waals surface area contributed by atoms with Crippen LogP contribution in [0.5, 0.6) is 5.75 Å². The molecule has 0 saturated carbocycles. The average molecular weight is 554 g/mol. The van der Waals surface area contributed by atoms with E-state index < -0.39 is 5.97 Å². The maximum absolute atomic E-state index is 11.9. The molecule has 41 heavy (non-hydrogen) atoms. The van der Waals surface area contributed by atoms with Crippen LogP contribution in [0.3, 0.4) is 0 Å². The third-order valence-electron chi connectivity index (χ3n) is 7.56. The SMILES string of the molecule is C=C(O)c1ccc(CCC(/C=C/c2ccccc2OCCCN2CCCC2=O)CCc2ccc(C(=O)O)cc2)cc1. The zero-order chi connectivity index (χ0) is 29.0. The number of aryl methyl sites for hydroxylation is 2. The van der Waals surface area contributed by atoms with Gasteiger partial charge in [0, 0.05) is 30.6 Å². The molecule has 1 unspecified atom stereocenters. The minimum atomic E-state index is -0.918. The molecule has 1 heterocycles. The lowest BCUT2D eigenvalue weighted by molar-refractivity contribution is -0.127. The molecule has 1 atom stereocenters. The predicted molar refractivity (Wildman–Crippen MR) is 163 cm³/mol. The minimum absolute atomic E-state index is 0.0664. The van der Waals surface area contributed by atoms with E-state index in [0.29, 0.717) is 18.6 Å². The predicted octanol–water partition coefficient (Wildman–Crippen LogP) is 7.20. The van der Waals surface area contributed by atoms with E-state index in [9.17, 15) is 19.8 Å². The van der Waals surface area contributed by atoms with Crippen molar-refractivity contribution in [2.75, 3.05) is 19.7 Å². The number of carbonyl (C=O) groups excluding carboxylic acids is 1. The number of carboxylic acids is 1. The summed E-state index contributed by atoms with van der Waals surface area (Å²) in [7, 11) is 0. The van der Waals surface area contributed by atoms with E-state index >= 15 is 0 Å². The first-order valence-corrected chi connectivity index (χ1v) is 14.4. The summed E-state index contributed by atoms with van der Waals surface area (Å²) in [6.07, 6.45) is 10.4. The number of hydrogen-bond donors (Lipinski definition) is 2. The van der Waals surface area contributed by atoms with E-state index in [1.54, 1.807) is 12.1 Å². The second-order valence-electron chi connectivity index (χ2n) is 10.6. The third-order valence-corrected chi connectivity index (χ3v) is 7.56. The summed E-state index contributed by atoms with van der Waals surface area (Å²) in [5.41, 5.74) is 4.34. The van der Waals surface area contributed by atoms with Crippen LogP contribution in [0.15, 0.2) is 85.5 Å². The fourth-order valence-electron chi connectivity index (χ4n) is 5.09. The van der Waals surface area contributed by atoms with Crippen molar-refractivity contribution >= 4 is 23.7 Å². The quantitative estimate of drug-likeness (QED) is 0.154. The Balaban J connectivity index is 1.40. The van der Waals surface area contributed by atoms with Gasteiger partial charge in [0.05, 0.1) is 12.2 Å². The highest BCUT2D eigenvalue weighted by atomic mass is 16.5. The Morgan fingerprint density at radius 1 is 0.927 bits per heavy atom. The summed E-state index contributed by atoms with van der Waals surface area (Å²) in [6.45, 7) is 5.73. The van der Waals surface area contributed by atoms with Gasteiger partial charge in [-0.05, 0) is 73.8 Å². The van der Waals surface area contributed by atoms with Crippen LogP contribution in [-0.2, 0) is 17.6 Å². The summed E-state index contributed by atoms with van der Waals surface area (Å²) in [5, 5.41) is 18.8. The first-order valence-electron chi connectivity index (χ1n) is 14.4. The standard InChI is InChI=1S/C35H39NO5/c1-26(37)30-18-13-28(14-19-30)11-9-27(10-12-29-16-21-32(22-17-29)35(39)40)15-20-31-6-2-3-7-33(31)41-25-5-24-36-23-4-8-34(36)38/h2-3,6-7,13-22,27,37H,1,4-5,8-12,23-25H2,(H,39,40)/b20-15+. The number of aliphatic hydroxyl groups excluding tert-OH is 1. The van der Waals surface area contributed by atoms with Crippen molar-refractivity contribution in [1.82, 2.24) is 4.90 Å². The Hall–Kier alpha value is -4.32. The van der Waals surface area contributed by atoms with Gasteiger partial charge in [-0.15, -0.1) is 0 Å². The Morgan fingerprint density at radius 3 is 2.15 bits per heavy atom. The molecule has 1 aliphatic rings. The molecule has 0 radical (unpaired) electrons. The van der Waals surface area contributed by atoms with Crippen LogP contribution >= 0.6 is 0 Å². The number of carboxylic acid groups (broad SMARTS) is 1. The Bertz CT molecular complexity index is 1280. The first kappa shape index (κ1) is 29.7. The molecule has 214 valence electrons. The van der Waals surface area contributed by atoms with Gasteiger partial charge in [0.15, 0.2) is 0 Å². The van der Waals surface area contributed by atoms with E-state index in [0.717, 1.165) is 74.1 Å². The number of hydrogen-bond acceptors (Lipinski definition) is 4. The molecule has 1 saturated heterocycles. The summed E-state index contributed by atoms with van der Waals surface area (Å²) < 4.78 is 6.12. The van der Waals surface area contributed by atoms with Gasteiger partial charge in [-0.25, -0.2) is 4.79 Å². The van der Waals surface area contributed by atoms with Gasteiger partial charge in [0.1, 0.15) is 11.5 Å². The number of amides is 1.